The molecule has 2 aromatic heterocycles. The molecular formula is C26H24ClN3O4S2. The minimum absolute atomic E-state index is 0.184. The van der Waals surface area contributed by atoms with Crippen LogP contribution in [0.5, 0.6) is 0 Å². The average molecular weight is 542 g/mol. The maximum absolute atomic E-state index is 13.3. The number of fused-ring (bicyclic) bond motifs is 1. The summed E-state index contributed by atoms with van der Waals surface area (Å²) in [6.07, 6.45) is 5.27. The molecular weight excluding hydrogens is 518 g/mol. The summed E-state index contributed by atoms with van der Waals surface area (Å²) < 4.78 is 7.33. The summed E-state index contributed by atoms with van der Waals surface area (Å²) in [7, 11) is 0. The van der Waals surface area contributed by atoms with E-state index in [1.165, 1.54) is 15.9 Å². The number of anilines is 1. The minimum Gasteiger partial charge on any atom is -0.462 e. The molecule has 1 aromatic carbocycles. The van der Waals surface area contributed by atoms with Gasteiger partial charge in [0.2, 0.25) is 0 Å². The maximum atomic E-state index is 13.3. The van der Waals surface area contributed by atoms with Gasteiger partial charge in [0.25, 0.3) is 11.5 Å². The van der Waals surface area contributed by atoms with Crippen molar-refractivity contribution in [2.24, 2.45) is 0 Å². The molecule has 186 valence electrons. The second kappa shape index (κ2) is 11.2. The molecule has 0 saturated carbocycles. The van der Waals surface area contributed by atoms with E-state index < -0.39 is 11.9 Å². The van der Waals surface area contributed by atoms with E-state index in [9.17, 15) is 19.6 Å². The molecule has 0 atom stereocenters. The SMILES string of the molecule is CCOC(=O)c1c(NC(=O)/C(C#N)=c2/s/c(=C/c3ccc(Cl)cc3)c(=O)n2CC)sc2c1CCCC2. The average Bonchev–Trinajstić information content (AvgIpc) is 3.37. The van der Waals surface area contributed by atoms with Crippen LogP contribution < -0.4 is 20.1 Å². The standard InChI is InChI=1S/C26H24ClN3O4S2/c1-3-30-24(32)20(13-15-9-11-16(27)12-10-15)36-25(30)18(14-28)22(31)29-23-21(26(33)34-4-2)17-7-5-6-8-19(17)35-23/h9-13H,3-8H2,1-2H3,(H,29,31)/b20-13+,25-18+. The van der Waals surface area contributed by atoms with E-state index in [2.05, 4.69) is 5.32 Å². The lowest BCUT2D eigenvalue weighted by Gasteiger charge is -2.12. The predicted molar refractivity (Wildman–Crippen MR) is 143 cm³/mol. The predicted octanol–water partition coefficient (Wildman–Crippen LogP) is 3.84. The molecule has 0 saturated heterocycles. The van der Waals surface area contributed by atoms with Crippen molar-refractivity contribution in [1.29, 1.82) is 5.26 Å². The summed E-state index contributed by atoms with van der Waals surface area (Å²) in [5.41, 5.74) is 1.60. The Morgan fingerprint density at radius 3 is 2.58 bits per heavy atom. The lowest BCUT2D eigenvalue weighted by atomic mass is 9.95. The van der Waals surface area contributed by atoms with Crippen LogP contribution in [0.15, 0.2) is 29.1 Å². The smallest absolute Gasteiger partial charge is 0.341 e. The van der Waals surface area contributed by atoms with Crippen molar-refractivity contribution < 1.29 is 14.3 Å². The number of hydrogen-bond acceptors (Lipinski definition) is 7. The van der Waals surface area contributed by atoms with Crippen molar-refractivity contribution in [3.8, 4) is 6.07 Å². The summed E-state index contributed by atoms with van der Waals surface area (Å²) in [5.74, 6) is -1.14. The number of carbonyl (C=O) groups excluding carboxylic acids is 2. The Hall–Kier alpha value is -3.19. The van der Waals surface area contributed by atoms with Crippen LogP contribution in [-0.2, 0) is 28.9 Å². The molecule has 0 aliphatic heterocycles. The van der Waals surface area contributed by atoms with Crippen LogP contribution in [0.2, 0.25) is 5.02 Å². The third kappa shape index (κ3) is 5.16. The first-order valence-electron chi connectivity index (χ1n) is 11.6. The molecule has 7 nitrogen and oxygen atoms in total. The quantitative estimate of drug-likeness (QED) is 0.478. The molecule has 4 rings (SSSR count). The molecule has 36 heavy (non-hydrogen) atoms. The fourth-order valence-corrected chi connectivity index (χ4v) is 6.70. The lowest BCUT2D eigenvalue weighted by Crippen LogP contribution is -2.33. The number of esters is 1. The summed E-state index contributed by atoms with van der Waals surface area (Å²) in [4.78, 5) is 40.2. The van der Waals surface area contributed by atoms with Crippen molar-refractivity contribution in [3.63, 3.8) is 0 Å². The number of aromatic nitrogens is 1. The van der Waals surface area contributed by atoms with E-state index in [1.807, 2.05) is 6.07 Å². The molecule has 1 aliphatic rings. The van der Waals surface area contributed by atoms with Gasteiger partial charge in [-0.25, -0.2) is 4.79 Å². The number of thiophene rings is 1. The second-order valence-electron chi connectivity index (χ2n) is 8.09. The normalized spacial score (nSPS) is 14.1. The molecule has 0 bridgehead atoms. The highest BCUT2D eigenvalue weighted by Gasteiger charge is 2.28. The molecule has 0 spiro atoms. The lowest BCUT2D eigenvalue weighted by molar-refractivity contribution is -0.111. The number of halogens is 1. The second-order valence-corrected chi connectivity index (χ2v) is 10.7. The van der Waals surface area contributed by atoms with E-state index in [1.54, 1.807) is 44.2 Å². The largest absolute Gasteiger partial charge is 0.462 e. The van der Waals surface area contributed by atoms with Crippen molar-refractivity contribution in [1.82, 2.24) is 4.57 Å². The molecule has 1 N–H and O–H groups in total. The van der Waals surface area contributed by atoms with Crippen molar-refractivity contribution in [2.75, 3.05) is 11.9 Å². The van der Waals surface area contributed by atoms with Gasteiger partial charge in [-0.15, -0.1) is 22.7 Å². The van der Waals surface area contributed by atoms with Gasteiger partial charge in [0.05, 0.1) is 16.7 Å². The highest BCUT2D eigenvalue weighted by molar-refractivity contribution is 7.17. The molecule has 0 radical (unpaired) electrons. The molecule has 1 amide bonds. The highest BCUT2D eigenvalue weighted by Crippen LogP contribution is 2.38. The van der Waals surface area contributed by atoms with Gasteiger partial charge in [0.1, 0.15) is 15.7 Å². The number of nitrogens with zero attached hydrogens (tertiary/aromatic N) is 2. The van der Waals surface area contributed by atoms with Crippen LogP contribution in [0.25, 0.3) is 11.6 Å². The molecule has 10 heteroatoms. The number of nitrogens with one attached hydrogen (secondary N) is 1. The molecule has 0 unspecified atom stereocenters. The molecule has 3 aromatic rings. The number of hydrogen-bond donors (Lipinski definition) is 1. The van der Waals surface area contributed by atoms with E-state index in [4.69, 9.17) is 16.3 Å². The van der Waals surface area contributed by atoms with Gasteiger partial charge < -0.3 is 10.1 Å². The van der Waals surface area contributed by atoms with Crippen LogP contribution in [0.4, 0.5) is 5.00 Å². The first-order chi connectivity index (χ1) is 17.4. The Kier molecular flexibility index (Phi) is 8.09. The third-order valence-electron chi connectivity index (χ3n) is 5.82. The molecule has 1 aliphatic carbocycles. The fourth-order valence-electron chi connectivity index (χ4n) is 4.14. The zero-order valence-corrected chi connectivity index (χ0v) is 22.2. The van der Waals surface area contributed by atoms with Gasteiger partial charge in [-0.05, 0) is 68.9 Å². The summed E-state index contributed by atoms with van der Waals surface area (Å²) in [6, 6.07) is 8.99. The molecule has 2 heterocycles. The van der Waals surface area contributed by atoms with E-state index >= 15 is 0 Å². The summed E-state index contributed by atoms with van der Waals surface area (Å²) >= 11 is 8.38. The number of benzene rings is 1. The monoisotopic (exact) mass is 541 g/mol. The van der Waals surface area contributed by atoms with Gasteiger partial charge >= 0.3 is 5.97 Å². The van der Waals surface area contributed by atoms with Crippen LogP contribution in [0.3, 0.4) is 0 Å². The van der Waals surface area contributed by atoms with E-state index in [0.717, 1.165) is 53.0 Å². The fraction of sp³-hybridized carbons (Fsp3) is 0.308. The zero-order chi connectivity index (χ0) is 25.8. The first-order valence-corrected chi connectivity index (χ1v) is 13.6. The number of amides is 1. The number of rotatable bonds is 6. The van der Waals surface area contributed by atoms with Gasteiger partial charge in [0.15, 0.2) is 5.57 Å². The van der Waals surface area contributed by atoms with Gasteiger partial charge in [-0.1, -0.05) is 23.7 Å². The number of thiazole rings is 1. The number of nitriles is 1. The van der Waals surface area contributed by atoms with Crippen molar-refractivity contribution in [2.45, 2.75) is 46.1 Å². The van der Waals surface area contributed by atoms with Gasteiger partial charge in [0, 0.05) is 16.4 Å². The van der Waals surface area contributed by atoms with E-state index in [0.29, 0.717) is 26.7 Å². The minimum atomic E-state index is -0.664. The van der Waals surface area contributed by atoms with Crippen molar-refractivity contribution >= 4 is 62.8 Å². The molecule has 0 fully saturated rings. The Morgan fingerprint density at radius 2 is 1.92 bits per heavy atom. The number of ether oxygens (including phenoxy) is 1. The topological polar surface area (TPSA) is 101 Å². The van der Waals surface area contributed by atoms with Crippen molar-refractivity contribution in [3.05, 3.63) is 70.4 Å². The summed E-state index contributed by atoms with van der Waals surface area (Å²) in [5, 5.41) is 13.7. The third-order valence-corrected chi connectivity index (χ3v) is 8.41. The van der Waals surface area contributed by atoms with E-state index in [-0.39, 0.29) is 22.4 Å². The summed E-state index contributed by atoms with van der Waals surface area (Å²) in [6.45, 7) is 4.02. The highest BCUT2D eigenvalue weighted by atomic mass is 35.5. The first kappa shape index (κ1) is 25.9. The van der Waals surface area contributed by atoms with Crippen LogP contribution in [0, 0.1) is 11.3 Å². The van der Waals surface area contributed by atoms with Gasteiger partial charge in [-0.2, -0.15) is 5.26 Å². The zero-order valence-electron chi connectivity index (χ0n) is 19.9. The Morgan fingerprint density at radius 1 is 1.19 bits per heavy atom. The van der Waals surface area contributed by atoms with Gasteiger partial charge in [-0.3, -0.25) is 14.2 Å². The van der Waals surface area contributed by atoms with Crippen LogP contribution >= 0.6 is 34.3 Å². The maximum Gasteiger partial charge on any atom is 0.341 e. The Bertz CT molecular complexity index is 1540. The van der Waals surface area contributed by atoms with Crippen LogP contribution in [-0.4, -0.2) is 23.1 Å². The number of aryl methyl sites for hydroxylation is 1. The number of carbonyl (C=O) groups is 2. The van der Waals surface area contributed by atoms with Crippen LogP contribution in [0.1, 0.15) is 53.1 Å². The Labute approximate surface area is 220 Å². The Balaban J connectivity index is 1.80.